The molecule has 0 bridgehead atoms. The van der Waals surface area contributed by atoms with E-state index in [1.54, 1.807) is 0 Å². The van der Waals surface area contributed by atoms with Crippen LogP contribution in [-0.4, -0.2) is 22.6 Å². The van der Waals surface area contributed by atoms with Crippen LogP contribution in [0.3, 0.4) is 0 Å². The Kier molecular flexibility index (Phi) is 3.92. The maximum atomic E-state index is 4.44. The molecule has 0 aromatic carbocycles. The number of hydrogen-bond donors (Lipinski definition) is 1. The topological polar surface area (TPSA) is 29.9 Å². The van der Waals surface area contributed by atoms with Crippen molar-refractivity contribution in [2.75, 3.05) is 13.1 Å². The highest BCUT2D eigenvalue weighted by Crippen LogP contribution is 2.42. The van der Waals surface area contributed by atoms with E-state index in [2.05, 4.69) is 34.3 Å². The van der Waals surface area contributed by atoms with Gasteiger partial charge < -0.3 is 9.88 Å². The number of piperidine rings is 1. The van der Waals surface area contributed by atoms with Crippen molar-refractivity contribution in [1.29, 1.82) is 0 Å². The van der Waals surface area contributed by atoms with E-state index in [1.165, 1.54) is 63.7 Å². The van der Waals surface area contributed by atoms with Crippen molar-refractivity contribution in [2.45, 2.75) is 64.3 Å². The van der Waals surface area contributed by atoms with Crippen LogP contribution >= 0.6 is 0 Å². The molecule has 1 aliphatic heterocycles. The summed E-state index contributed by atoms with van der Waals surface area (Å²) in [5.74, 6) is 0.673. The van der Waals surface area contributed by atoms with Crippen LogP contribution in [0.4, 0.5) is 0 Å². The predicted molar refractivity (Wildman–Crippen MR) is 78.3 cm³/mol. The van der Waals surface area contributed by atoms with Crippen LogP contribution in [0.2, 0.25) is 0 Å². The lowest BCUT2D eigenvalue weighted by molar-refractivity contribution is 0.232. The van der Waals surface area contributed by atoms with Crippen LogP contribution in [0, 0.1) is 5.41 Å². The van der Waals surface area contributed by atoms with Gasteiger partial charge in [0.1, 0.15) is 0 Å². The van der Waals surface area contributed by atoms with Crippen LogP contribution in [0.1, 0.15) is 63.5 Å². The summed E-state index contributed by atoms with van der Waals surface area (Å²) in [5, 5.41) is 3.53. The van der Waals surface area contributed by atoms with E-state index in [0.29, 0.717) is 11.3 Å². The molecule has 1 N–H and O–H groups in total. The largest absolute Gasteiger partial charge is 0.334 e. The van der Waals surface area contributed by atoms with Gasteiger partial charge in [0.25, 0.3) is 0 Å². The Balaban J connectivity index is 1.75. The lowest BCUT2D eigenvalue weighted by Crippen LogP contribution is -2.31. The molecule has 106 valence electrons. The number of rotatable bonds is 4. The van der Waals surface area contributed by atoms with Crippen LogP contribution in [0.25, 0.3) is 0 Å². The second kappa shape index (κ2) is 5.66. The summed E-state index contributed by atoms with van der Waals surface area (Å²) in [6.45, 7) is 5.87. The Morgan fingerprint density at radius 3 is 2.89 bits per heavy atom. The second-order valence-corrected chi connectivity index (χ2v) is 6.55. The fourth-order valence-electron chi connectivity index (χ4n) is 4.02. The van der Waals surface area contributed by atoms with Crippen LogP contribution in [0.5, 0.6) is 0 Å². The Hall–Kier alpha value is -0.830. The minimum Gasteiger partial charge on any atom is -0.334 e. The molecule has 1 aliphatic carbocycles. The quantitative estimate of drug-likeness (QED) is 0.901. The molecule has 1 saturated carbocycles. The lowest BCUT2D eigenvalue weighted by atomic mass is 9.83. The number of nitrogens with one attached hydrogen (secondary N) is 1. The highest BCUT2D eigenvalue weighted by Gasteiger charge is 2.33. The molecule has 3 rings (SSSR count). The van der Waals surface area contributed by atoms with Gasteiger partial charge in [0.15, 0.2) is 0 Å². The van der Waals surface area contributed by atoms with Gasteiger partial charge in [-0.2, -0.15) is 0 Å². The first-order chi connectivity index (χ1) is 9.33. The van der Waals surface area contributed by atoms with Gasteiger partial charge in [0, 0.05) is 30.9 Å². The molecule has 0 radical (unpaired) electrons. The van der Waals surface area contributed by atoms with E-state index >= 15 is 0 Å². The summed E-state index contributed by atoms with van der Waals surface area (Å²) in [5.41, 5.74) is 2.02. The fourth-order valence-corrected chi connectivity index (χ4v) is 4.02. The zero-order chi connectivity index (χ0) is 13.1. The van der Waals surface area contributed by atoms with E-state index in [1.807, 2.05) is 0 Å². The average molecular weight is 261 g/mol. The molecule has 1 aromatic heterocycles. The van der Waals surface area contributed by atoms with Gasteiger partial charge in [0.2, 0.25) is 0 Å². The third-order valence-electron chi connectivity index (χ3n) is 5.38. The number of hydrogen-bond acceptors (Lipinski definition) is 2. The average Bonchev–Trinajstić information content (AvgIpc) is 3.10. The SMILES string of the molecule is CCC1(Cn2cncc2C2CCCNC2)CCCC1. The summed E-state index contributed by atoms with van der Waals surface area (Å²) in [6.07, 6.45) is 13.8. The van der Waals surface area contributed by atoms with Crippen LogP contribution in [-0.2, 0) is 6.54 Å². The first-order valence-electron chi connectivity index (χ1n) is 8.04. The van der Waals surface area contributed by atoms with Crippen LogP contribution < -0.4 is 5.32 Å². The Morgan fingerprint density at radius 1 is 1.37 bits per heavy atom. The van der Waals surface area contributed by atoms with Crippen molar-refractivity contribution in [2.24, 2.45) is 5.41 Å². The highest BCUT2D eigenvalue weighted by atomic mass is 15.1. The number of nitrogens with zero attached hydrogens (tertiary/aromatic N) is 2. The molecule has 1 unspecified atom stereocenters. The standard InChI is InChI=1S/C16H27N3/c1-2-16(7-3-4-8-16)12-19-13-18-11-15(19)14-6-5-9-17-10-14/h11,13-14,17H,2-10,12H2,1H3. The molecule has 0 amide bonds. The summed E-state index contributed by atoms with van der Waals surface area (Å²) in [4.78, 5) is 4.44. The molecule has 0 spiro atoms. The number of imidazole rings is 1. The molecule has 3 heteroatoms. The second-order valence-electron chi connectivity index (χ2n) is 6.55. The maximum absolute atomic E-state index is 4.44. The van der Waals surface area contributed by atoms with Crippen molar-refractivity contribution < 1.29 is 0 Å². The Morgan fingerprint density at radius 2 is 2.21 bits per heavy atom. The summed E-state index contributed by atoms with van der Waals surface area (Å²) >= 11 is 0. The van der Waals surface area contributed by atoms with Gasteiger partial charge >= 0.3 is 0 Å². The Bertz CT molecular complexity index is 398. The maximum Gasteiger partial charge on any atom is 0.0948 e. The smallest absolute Gasteiger partial charge is 0.0948 e. The molecule has 2 fully saturated rings. The Labute approximate surface area is 116 Å². The summed E-state index contributed by atoms with van der Waals surface area (Å²) in [7, 11) is 0. The third-order valence-corrected chi connectivity index (χ3v) is 5.38. The van der Waals surface area contributed by atoms with Crippen molar-refractivity contribution in [3.63, 3.8) is 0 Å². The van der Waals surface area contributed by atoms with Crippen molar-refractivity contribution in [3.05, 3.63) is 18.2 Å². The summed E-state index contributed by atoms with van der Waals surface area (Å²) < 4.78 is 2.46. The predicted octanol–water partition coefficient (Wildman–Crippen LogP) is 3.32. The first-order valence-corrected chi connectivity index (χ1v) is 8.04. The fraction of sp³-hybridized carbons (Fsp3) is 0.812. The summed E-state index contributed by atoms with van der Waals surface area (Å²) in [6, 6.07) is 0. The molecule has 3 nitrogen and oxygen atoms in total. The molecule has 2 heterocycles. The highest BCUT2D eigenvalue weighted by molar-refractivity contribution is 5.09. The molecular formula is C16H27N3. The van der Waals surface area contributed by atoms with Crippen LogP contribution in [0.15, 0.2) is 12.5 Å². The molecular weight excluding hydrogens is 234 g/mol. The van der Waals surface area contributed by atoms with Gasteiger partial charge in [-0.15, -0.1) is 0 Å². The third kappa shape index (κ3) is 2.71. The zero-order valence-electron chi connectivity index (χ0n) is 12.2. The van der Waals surface area contributed by atoms with E-state index < -0.39 is 0 Å². The van der Waals surface area contributed by atoms with Gasteiger partial charge in [-0.05, 0) is 44.1 Å². The minimum atomic E-state index is 0.553. The molecule has 1 atom stereocenters. The van der Waals surface area contributed by atoms with E-state index in [-0.39, 0.29) is 0 Å². The monoisotopic (exact) mass is 261 g/mol. The van der Waals surface area contributed by atoms with E-state index in [0.717, 1.165) is 6.54 Å². The minimum absolute atomic E-state index is 0.553. The molecule has 19 heavy (non-hydrogen) atoms. The van der Waals surface area contributed by atoms with Gasteiger partial charge in [-0.1, -0.05) is 19.8 Å². The van der Waals surface area contributed by atoms with Gasteiger partial charge in [-0.25, -0.2) is 4.98 Å². The van der Waals surface area contributed by atoms with E-state index in [9.17, 15) is 0 Å². The van der Waals surface area contributed by atoms with E-state index in [4.69, 9.17) is 0 Å². The van der Waals surface area contributed by atoms with Gasteiger partial charge in [-0.3, -0.25) is 0 Å². The molecule has 1 saturated heterocycles. The zero-order valence-corrected chi connectivity index (χ0v) is 12.2. The number of aromatic nitrogens is 2. The van der Waals surface area contributed by atoms with Crippen molar-refractivity contribution in [3.8, 4) is 0 Å². The molecule has 1 aromatic rings. The first kappa shape index (κ1) is 13.2. The van der Waals surface area contributed by atoms with Crippen molar-refractivity contribution in [1.82, 2.24) is 14.9 Å². The lowest BCUT2D eigenvalue weighted by Gasteiger charge is -2.31. The van der Waals surface area contributed by atoms with Crippen molar-refractivity contribution >= 4 is 0 Å². The normalized spacial score (nSPS) is 26.7. The van der Waals surface area contributed by atoms with Gasteiger partial charge in [0.05, 0.1) is 6.33 Å². The molecule has 2 aliphatic rings.